The molecule has 1 aromatic rings. The van der Waals surface area contributed by atoms with Crippen LogP contribution in [0.2, 0.25) is 0 Å². The molecular formula is C14H18N2O3. The zero-order valence-corrected chi connectivity index (χ0v) is 11.0. The van der Waals surface area contributed by atoms with E-state index in [4.69, 9.17) is 5.11 Å². The van der Waals surface area contributed by atoms with Crippen LogP contribution in [-0.2, 0) is 16.0 Å². The maximum absolute atomic E-state index is 11.7. The molecule has 0 aromatic heterocycles. The summed E-state index contributed by atoms with van der Waals surface area (Å²) in [6.07, 6.45) is 1.29. The third-order valence-corrected chi connectivity index (χ3v) is 3.32. The first-order valence-corrected chi connectivity index (χ1v) is 6.50. The SMILES string of the molecule is CCc1cccc2c1NC(=O)CCN2CCC(=O)O. The summed E-state index contributed by atoms with van der Waals surface area (Å²) in [4.78, 5) is 24.4. The van der Waals surface area contributed by atoms with E-state index in [2.05, 4.69) is 5.32 Å². The molecule has 0 unspecified atom stereocenters. The molecule has 2 rings (SSSR count). The molecule has 0 aliphatic carbocycles. The maximum atomic E-state index is 11.7. The van der Waals surface area contributed by atoms with E-state index in [1.165, 1.54) is 0 Å². The van der Waals surface area contributed by atoms with Crippen molar-refractivity contribution in [3.63, 3.8) is 0 Å². The zero-order chi connectivity index (χ0) is 13.8. The summed E-state index contributed by atoms with van der Waals surface area (Å²) in [5.41, 5.74) is 2.83. The monoisotopic (exact) mass is 262 g/mol. The molecule has 0 saturated heterocycles. The van der Waals surface area contributed by atoms with Gasteiger partial charge in [-0.1, -0.05) is 19.1 Å². The minimum Gasteiger partial charge on any atom is -0.481 e. The van der Waals surface area contributed by atoms with Crippen molar-refractivity contribution >= 4 is 23.3 Å². The molecule has 1 heterocycles. The van der Waals surface area contributed by atoms with Gasteiger partial charge in [0.25, 0.3) is 0 Å². The van der Waals surface area contributed by atoms with Crippen LogP contribution in [0.15, 0.2) is 18.2 Å². The Bertz CT molecular complexity index is 499. The van der Waals surface area contributed by atoms with Gasteiger partial charge in [-0.05, 0) is 18.1 Å². The lowest BCUT2D eigenvalue weighted by atomic mass is 10.1. The standard InChI is InChI=1S/C14H18N2O3/c1-2-10-4-3-5-11-14(10)15-12(17)6-8-16(11)9-7-13(18)19/h3-5H,2,6-9H2,1H3,(H,15,17)(H,18,19). The van der Waals surface area contributed by atoms with Crippen LogP contribution < -0.4 is 10.2 Å². The molecule has 0 saturated carbocycles. The van der Waals surface area contributed by atoms with Gasteiger partial charge in [0.2, 0.25) is 5.91 Å². The van der Waals surface area contributed by atoms with Gasteiger partial charge < -0.3 is 15.3 Å². The van der Waals surface area contributed by atoms with Gasteiger partial charge >= 0.3 is 5.97 Å². The third-order valence-electron chi connectivity index (χ3n) is 3.32. The van der Waals surface area contributed by atoms with Crippen molar-refractivity contribution in [3.05, 3.63) is 23.8 Å². The van der Waals surface area contributed by atoms with E-state index in [1.54, 1.807) is 0 Å². The van der Waals surface area contributed by atoms with Crippen LogP contribution in [0.3, 0.4) is 0 Å². The molecule has 1 aliphatic rings. The van der Waals surface area contributed by atoms with Gasteiger partial charge in [0.15, 0.2) is 0 Å². The molecule has 0 fully saturated rings. The lowest BCUT2D eigenvalue weighted by molar-refractivity contribution is -0.136. The molecule has 102 valence electrons. The van der Waals surface area contributed by atoms with Gasteiger partial charge in [-0.15, -0.1) is 0 Å². The van der Waals surface area contributed by atoms with Gasteiger partial charge in [-0.2, -0.15) is 0 Å². The summed E-state index contributed by atoms with van der Waals surface area (Å²) < 4.78 is 0. The first-order valence-electron chi connectivity index (χ1n) is 6.50. The average molecular weight is 262 g/mol. The number of anilines is 2. The molecule has 1 aromatic carbocycles. The van der Waals surface area contributed by atoms with Crippen LogP contribution in [-0.4, -0.2) is 30.1 Å². The van der Waals surface area contributed by atoms with Crippen LogP contribution in [0.25, 0.3) is 0 Å². The van der Waals surface area contributed by atoms with Crippen LogP contribution in [0.5, 0.6) is 0 Å². The number of benzene rings is 1. The molecule has 1 aliphatic heterocycles. The number of carboxylic acid groups (broad SMARTS) is 1. The van der Waals surface area contributed by atoms with E-state index < -0.39 is 5.97 Å². The van der Waals surface area contributed by atoms with Gasteiger partial charge in [0, 0.05) is 19.5 Å². The molecule has 0 bridgehead atoms. The second kappa shape index (κ2) is 5.73. The van der Waals surface area contributed by atoms with E-state index in [9.17, 15) is 9.59 Å². The van der Waals surface area contributed by atoms with Crippen molar-refractivity contribution in [3.8, 4) is 0 Å². The molecule has 2 N–H and O–H groups in total. The molecule has 5 nitrogen and oxygen atoms in total. The van der Waals surface area contributed by atoms with Gasteiger partial charge in [-0.25, -0.2) is 0 Å². The number of aliphatic carboxylic acids is 1. The summed E-state index contributed by atoms with van der Waals surface area (Å²) in [6.45, 7) is 3.01. The van der Waals surface area contributed by atoms with Crippen LogP contribution >= 0.6 is 0 Å². The number of para-hydroxylation sites is 1. The number of carbonyl (C=O) groups is 2. The number of hydrogen-bond donors (Lipinski definition) is 2. The predicted molar refractivity (Wildman–Crippen MR) is 73.5 cm³/mol. The van der Waals surface area contributed by atoms with Crippen molar-refractivity contribution < 1.29 is 14.7 Å². The van der Waals surface area contributed by atoms with Crippen molar-refractivity contribution in [2.24, 2.45) is 0 Å². The van der Waals surface area contributed by atoms with Gasteiger partial charge in [0.1, 0.15) is 0 Å². The highest BCUT2D eigenvalue weighted by molar-refractivity contribution is 5.97. The summed E-state index contributed by atoms with van der Waals surface area (Å²) in [5, 5.41) is 11.7. The van der Waals surface area contributed by atoms with E-state index in [0.29, 0.717) is 19.5 Å². The quantitative estimate of drug-likeness (QED) is 0.869. The number of amides is 1. The Balaban J connectivity index is 2.33. The fraction of sp³-hybridized carbons (Fsp3) is 0.429. The first kappa shape index (κ1) is 13.4. The molecule has 1 amide bonds. The summed E-state index contributed by atoms with van der Waals surface area (Å²) in [6, 6.07) is 5.87. The second-order valence-corrected chi connectivity index (χ2v) is 4.59. The Morgan fingerprint density at radius 1 is 1.47 bits per heavy atom. The Labute approximate surface area is 112 Å². The smallest absolute Gasteiger partial charge is 0.305 e. The fourth-order valence-electron chi connectivity index (χ4n) is 2.31. The zero-order valence-electron chi connectivity index (χ0n) is 11.0. The molecule has 0 spiro atoms. The topological polar surface area (TPSA) is 69.6 Å². The van der Waals surface area contributed by atoms with Crippen LogP contribution in [0.4, 0.5) is 11.4 Å². The highest BCUT2D eigenvalue weighted by Crippen LogP contribution is 2.32. The normalized spacial score (nSPS) is 14.6. The maximum Gasteiger partial charge on any atom is 0.305 e. The van der Waals surface area contributed by atoms with Gasteiger partial charge in [0.05, 0.1) is 17.8 Å². The summed E-state index contributed by atoms with van der Waals surface area (Å²) in [5.74, 6) is -0.836. The molecular weight excluding hydrogens is 244 g/mol. The Hall–Kier alpha value is -2.04. The number of hydrogen-bond acceptors (Lipinski definition) is 3. The number of carbonyl (C=O) groups excluding carboxylic acids is 1. The van der Waals surface area contributed by atoms with Gasteiger partial charge in [-0.3, -0.25) is 9.59 Å². The summed E-state index contributed by atoms with van der Waals surface area (Å²) in [7, 11) is 0. The fourth-order valence-corrected chi connectivity index (χ4v) is 2.31. The number of aryl methyl sites for hydroxylation is 1. The number of fused-ring (bicyclic) bond motifs is 1. The second-order valence-electron chi connectivity index (χ2n) is 4.59. The number of carboxylic acids is 1. The first-order chi connectivity index (χ1) is 9.11. The number of rotatable bonds is 4. The third kappa shape index (κ3) is 3.05. The van der Waals surface area contributed by atoms with Crippen molar-refractivity contribution in [2.45, 2.75) is 26.2 Å². The minimum atomic E-state index is -0.822. The highest BCUT2D eigenvalue weighted by Gasteiger charge is 2.21. The van der Waals surface area contributed by atoms with Crippen molar-refractivity contribution in [1.82, 2.24) is 0 Å². The van der Waals surface area contributed by atoms with E-state index in [-0.39, 0.29) is 12.3 Å². The molecule has 0 radical (unpaired) electrons. The lowest BCUT2D eigenvalue weighted by Crippen LogP contribution is -2.27. The Kier molecular flexibility index (Phi) is 4.04. The Morgan fingerprint density at radius 3 is 2.95 bits per heavy atom. The molecule has 0 atom stereocenters. The average Bonchev–Trinajstić information content (AvgIpc) is 2.54. The van der Waals surface area contributed by atoms with E-state index >= 15 is 0 Å². The molecule has 19 heavy (non-hydrogen) atoms. The minimum absolute atomic E-state index is 0.0139. The summed E-state index contributed by atoms with van der Waals surface area (Å²) >= 11 is 0. The number of nitrogens with zero attached hydrogens (tertiary/aromatic N) is 1. The van der Waals surface area contributed by atoms with E-state index in [1.807, 2.05) is 30.0 Å². The lowest BCUT2D eigenvalue weighted by Gasteiger charge is -2.24. The largest absolute Gasteiger partial charge is 0.481 e. The highest BCUT2D eigenvalue weighted by atomic mass is 16.4. The van der Waals surface area contributed by atoms with Crippen molar-refractivity contribution in [2.75, 3.05) is 23.3 Å². The van der Waals surface area contributed by atoms with Crippen LogP contribution in [0.1, 0.15) is 25.3 Å². The number of nitrogens with one attached hydrogen (secondary N) is 1. The molecule has 5 heteroatoms. The van der Waals surface area contributed by atoms with Crippen LogP contribution in [0, 0.1) is 0 Å². The van der Waals surface area contributed by atoms with Crippen molar-refractivity contribution in [1.29, 1.82) is 0 Å². The van der Waals surface area contributed by atoms with E-state index in [0.717, 1.165) is 23.4 Å². The Morgan fingerprint density at radius 2 is 2.26 bits per heavy atom. The predicted octanol–water partition coefficient (Wildman–Crippen LogP) is 1.87.